The summed E-state index contributed by atoms with van der Waals surface area (Å²) < 4.78 is 0. The Bertz CT molecular complexity index is 488. The van der Waals surface area contributed by atoms with Crippen LogP contribution >= 0.6 is 0 Å². The summed E-state index contributed by atoms with van der Waals surface area (Å²) in [6.45, 7) is 5.05. The van der Waals surface area contributed by atoms with E-state index in [1.54, 1.807) is 0 Å². The number of carbonyl (C=O) groups excluding carboxylic acids is 1. The summed E-state index contributed by atoms with van der Waals surface area (Å²) >= 11 is 0. The van der Waals surface area contributed by atoms with Gasteiger partial charge in [-0.05, 0) is 32.6 Å². The number of aliphatic hydroxyl groups is 1. The van der Waals surface area contributed by atoms with E-state index < -0.39 is 6.10 Å². The third kappa shape index (κ3) is 3.11. The van der Waals surface area contributed by atoms with Gasteiger partial charge < -0.3 is 20.2 Å². The van der Waals surface area contributed by atoms with Crippen LogP contribution in [-0.4, -0.2) is 49.6 Å². The minimum atomic E-state index is -1.03. The number of nitrogens with one attached hydrogen (secondary N) is 1. The molecule has 1 aliphatic rings. The van der Waals surface area contributed by atoms with Gasteiger partial charge in [-0.25, -0.2) is 0 Å². The average molecular weight is 277 g/mol. The summed E-state index contributed by atoms with van der Waals surface area (Å²) in [4.78, 5) is 15.9. The zero-order chi connectivity index (χ0) is 14.7. The molecule has 1 aromatic rings. The maximum Gasteiger partial charge on any atom is 0.257 e. The zero-order valence-corrected chi connectivity index (χ0v) is 12.4. The lowest BCUT2D eigenvalue weighted by Gasteiger charge is -2.26. The molecule has 0 bridgehead atoms. The molecule has 1 unspecified atom stereocenters. The Hall–Kier alpha value is -1.59. The van der Waals surface area contributed by atoms with Crippen molar-refractivity contribution >= 4 is 17.3 Å². The second-order valence-electron chi connectivity index (χ2n) is 5.45. The number of aliphatic hydroxyl groups excluding tert-OH is 1. The minimum absolute atomic E-state index is 0.340. The van der Waals surface area contributed by atoms with Crippen LogP contribution in [0.1, 0.15) is 25.0 Å². The number of carbonyl (C=O) groups is 1. The smallest absolute Gasteiger partial charge is 0.257 e. The van der Waals surface area contributed by atoms with Crippen molar-refractivity contribution in [3.05, 3.63) is 23.8 Å². The van der Waals surface area contributed by atoms with Gasteiger partial charge in [-0.2, -0.15) is 0 Å². The molecule has 1 aliphatic heterocycles. The highest BCUT2D eigenvalue weighted by Crippen LogP contribution is 2.33. The van der Waals surface area contributed by atoms with Gasteiger partial charge in [0.1, 0.15) is 0 Å². The standard InChI is InChI=1S/C15H23N3O2/c1-4-7-18(9-8-17(2)3)11-5-6-12-13(10-11)16-15(20)14(12)19/h5-6,10,14,19H,4,7-9H2,1-3H3,(H,16,20). The molecular weight excluding hydrogens is 254 g/mol. The number of fused-ring (bicyclic) bond motifs is 1. The van der Waals surface area contributed by atoms with Crippen molar-refractivity contribution in [2.24, 2.45) is 0 Å². The van der Waals surface area contributed by atoms with Gasteiger partial charge in [0.25, 0.3) is 5.91 Å². The largest absolute Gasteiger partial charge is 0.378 e. The van der Waals surface area contributed by atoms with E-state index in [-0.39, 0.29) is 5.91 Å². The Morgan fingerprint density at radius 2 is 2.00 bits per heavy atom. The Morgan fingerprint density at radius 3 is 2.65 bits per heavy atom. The Balaban J connectivity index is 2.18. The highest BCUT2D eigenvalue weighted by Gasteiger charge is 2.28. The molecule has 1 heterocycles. The van der Waals surface area contributed by atoms with Gasteiger partial charge in [-0.1, -0.05) is 13.0 Å². The first-order valence-electron chi connectivity index (χ1n) is 7.05. The fourth-order valence-electron chi connectivity index (χ4n) is 2.39. The molecule has 110 valence electrons. The van der Waals surface area contributed by atoms with Crippen molar-refractivity contribution in [3.63, 3.8) is 0 Å². The van der Waals surface area contributed by atoms with Crippen LogP contribution in [0, 0.1) is 0 Å². The monoisotopic (exact) mass is 277 g/mol. The molecule has 2 N–H and O–H groups in total. The lowest BCUT2D eigenvalue weighted by Crippen LogP contribution is -2.32. The van der Waals surface area contributed by atoms with E-state index in [2.05, 4.69) is 36.1 Å². The summed E-state index contributed by atoms with van der Waals surface area (Å²) in [6.07, 6.45) is 0.0416. The van der Waals surface area contributed by atoms with E-state index >= 15 is 0 Å². The van der Waals surface area contributed by atoms with Crippen molar-refractivity contribution in [2.45, 2.75) is 19.4 Å². The van der Waals surface area contributed by atoms with Crippen molar-refractivity contribution in [2.75, 3.05) is 43.9 Å². The topological polar surface area (TPSA) is 55.8 Å². The predicted octanol–water partition coefficient (Wildman–Crippen LogP) is 1.45. The molecule has 2 rings (SSSR count). The first-order chi connectivity index (χ1) is 9.52. The quantitative estimate of drug-likeness (QED) is 0.826. The number of benzene rings is 1. The maximum absolute atomic E-state index is 11.5. The van der Waals surface area contributed by atoms with Crippen LogP contribution in [0.25, 0.3) is 0 Å². The van der Waals surface area contributed by atoms with Crippen molar-refractivity contribution in [1.82, 2.24) is 4.90 Å². The SMILES string of the molecule is CCCN(CCN(C)C)c1ccc2c(c1)NC(=O)C2O. The molecule has 5 nitrogen and oxygen atoms in total. The number of hydrogen-bond acceptors (Lipinski definition) is 4. The summed E-state index contributed by atoms with van der Waals surface area (Å²) in [5.41, 5.74) is 2.48. The van der Waals surface area contributed by atoms with E-state index in [1.807, 2.05) is 18.2 Å². The van der Waals surface area contributed by atoms with Crippen LogP contribution in [0.3, 0.4) is 0 Å². The number of nitrogens with zero attached hydrogens (tertiary/aromatic N) is 2. The Labute approximate surface area is 120 Å². The molecular formula is C15H23N3O2. The van der Waals surface area contributed by atoms with Gasteiger partial charge in [0.15, 0.2) is 6.10 Å². The number of hydrogen-bond donors (Lipinski definition) is 2. The maximum atomic E-state index is 11.5. The zero-order valence-electron chi connectivity index (χ0n) is 12.4. The molecule has 0 radical (unpaired) electrons. The van der Waals surface area contributed by atoms with Crippen LogP contribution in [0.15, 0.2) is 18.2 Å². The lowest BCUT2D eigenvalue weighted by atomic mass is 10.1. The van der Waals surface area contributed by atoms with Gasteiger partial charge in [-0.3, -0.25) is 4.79 Å². The first-order valence-corrected chi connectivity index (χ1v) is 7.05. The molecule has 1 aromatic carbocycles. The molecule has 5 heteroatoms. The summed E-state index contributed by atoms with van der Waals surface area (Å²) in [6, 6.07) is 5.77. The molecule has 1 atom stereocenters. The van der Waals surface area contributed by atoms with Crippen molar-refractivity contribution < 1.29 is 9.90 Å². The van der Waals surface area contributed by atoms with Crippen LogP contribution in [0.4, 0.5) is 11.4 Å². The fraction of sp³-hybridized carbons (Fsp3) is 0.533. The number of likely N-dealkylation sites (N-methyl/N-ethyl adjacent to an activating group) is 1. The Kier molecular flexibility index (Phi) is 4.62. The van der Waals surface area contributed by atoms with E-state index in [0.717, 1.165) is 37.4 Å². The van der Waals surface area contributed by atoms with E-state index in [4.69, 9.17) is 0 Å². The summed E-state index contributed by atoms with van der Waals surface area (Å²) in [7, 11) is 4.12. The van der Waals surface area contributed by atoms with Crippen molar-refractivity contribution in [1.29, 1.82) is 0 Å². The van der Waals surface area contributed by atoms with Crippen LogP contribution in [-0.2, 0) is 4.79 Å². The highest BCUT2D eigenvalue weighted by atomic mass is 16.3. The molecule has 0 aliphatic carbocycles. The highest BCUT2D eigenvalue weighted by molar-refractivity contribution is 6.02. The van der Waals surface area contributed by atoms with E-state index in [9.17, 15) is 9.90 Å². The van der Waals surface area contributed by atoms with E-state index in [0.29, 0.717) is 5.56 Å². The Morgan fingerprint density at radius 1 is 1.25 bits per heavy atom. The first kappa shape index (κ1) is 14.8. The van der Waals surface area contributed by atoms with Crippen molar-refractivity contribution in [3.8, 4) is 0 Å². The van der Waals surface area contributed by atoms with Crippen LogP contribution in [0.5, 0.6) is 0 Å². The summed E-state index contributed by atoms with van der Waals surface area (Å²) in [5, 5.41) is 12.4. The predicted molar refractivity (Wildman–Crippen MR) is 81.1 cm³/mol. The average Bonchev–Trinajstić information content (AvgIpc) is 2.69. The minimum Gasteiger partial charge on any atom is -0.378 e. The lowest BCUT2D eigenvalue weighted by molar-refractivity contribution is -0.123. The molecule has 0 aromatic heterocycles. The van der Waals surface area contributed by atoms with Crippen LogP contribution < -0.4 is 10.2 Å². The number of amides is 1. The second-order valence-corrected chi connectivity index (χ2v) is 5.45. The third-order valence-electron chi connectivity index (χ3n) is 3.51. The number of rotatable bonds is 6. The van der Waals surface area contributed by atoms with Gasteiger partial charge in [0.2, 0.25) is 0 Å². The van der Waals surface area contributed by atoms with Gasteiger partial charge in [0.05, 0.1) is 0 Å². The molecule has 1 amide bonds. The molecule has 20 heavy (non-hydrogen) atoms. The fourth-order valence-corrected chi connectivity index (χ4v) is 2.39. The molecule has 0 spiro atoms. The van der Waals surface area contributed by atoms with E-state index in [1.165, 1.54) is 0 Å². The van der Waals surface area contributed by atoms with Crippen LogP contribution in [0.2, 0.25) is 0 Å². The van der Waals surface area contributed by atoms with Gasteiger partial charge in [0, 0.05) is 36.6 Å². The summed E-state index contributed by atoms with van der Waals surface area (Å²) in [5.74, 6) is -0.340. The third-order valence-corrected chi connectivity index (χ3v) is 3.51. The molecule has 0 saturated heterocycles. The molecule has 0 saturated carbocycles. The van der Waals surface area contributed by atoms with Gasteiger partial charge >= 0.3 is 0 Å². The second kappa shape index (κ2) is 6.24. The number of anilines is 2. The normalized spacial score (nSPS) is 17.2. The van der Waals surface area contributed by atoms with Gasteiger partial charge in [-0.15, -0.1) is 0 Å². The molecule has 0 fully saturated rings.